The third kappa shape index (κ3) is 3.08. The van der Waals surface area contributed by atoms with Crippen LogP contribution in [0.2, 0.25) is 0 Å². The van der Waals surface area contributed by atoms with E-state index < -0.39 is 53.0 Å². The van der Waals surface area contributed by atoms with Crippen molar-refractivity contribution in [1.29, 1.82) is 0 Å². The molecular formula is C21H32N2O6. The molecule has 3 saturated heterocycles. The Hall–Kier alpha value is -1.93. The fourth-order valence-corrected chi connectivity index (χ4v) is 5.43. The fraction of sp³-hybridized carbons (Fsp3) is 0.762. The van der Waals surface area contributed by atoms with Crippen molar-refractivity contribution in [2.75, 3.05) is 13.2 Å². The van der Waals surface area contributed by atoms with E-state index in [9.17, 15) is 24.6 Å². The predicted octanol–water partition coefficient (Wildman–Crippen LogP) is 1.03. The molecule has 3 rings (SSSR count). The maximum Gasteiger partial charge on any atom is 0.310 e. The van der Waals surface area contributed by atoms with Crippen LogP contribution >= 0.6 is 0 Å². The molecule has 162 valence electrons. The minimum atomic E-state index is -1.16. The first-order chi connectivity index (χ1) is 13.5. The number of aliphatic carboxylic acids is 1. The maximum absolute atomic E-state index is 13.9. The standard InChI is InChI=1S/C21H32N2O6/c1-6-10-22(20(3,4)5)18(26)16-21-9-8-13(29-21)14(19(27)28)15(21)17(25)23(16)12(7-2)11-24/h6,12-16,24H,1,7-11H2,2-5H3,(H,27,28)/t12-,13-,14+,15-,16?,21?/m0/s1. The van der Waals surface area contributed by atoms with Crippen molar-refractivity contribution in [3.05, 3.63) is 12.7 Å². The number of amides is 2. The molecule has 8 heteroatoms. The van der Waals surface area contributed by atoms with E-state index in [0.717, 1.165) is 0 Å². The molecule has 0 aromatic carbocycles. The third-order valence-electron chi connectivity index (χ3n) is 6.72. The van der Waals surface area contributed by atoms with E-state index in [4.69, 9.17) is 4.74 Å². The Morgan fingerprint density at radius 1 is 1.45 bits per heavy atom. The SMILES string of the molecule is C=CCN(C(=O)C1N([C@@H](CC)CO)C(=O)[C@@H]2[C@H](C(=O)O)[C@@H]3CCC12O3)C(C)(C)C. The minimum Gasteiger partial charge on any atom is -0.481 e. The zero-order chi connectivity index (χ0) is 21.7. The highest BCUT2D eigenvalue weighted by Crippen LogP contribution is 2.59. The molecular weight excluding hydrogens is 376 g/mol. The summed E-state index contributed by atoms with van der Waals surface area (Å²) in [7, 11) is 0. The highest BCUT2D eigenvalue weighted by molar-refractivity contribution is 5.98. The van der Waals surface area contributed by atoms with E-state index in [0.29, 0.717) is 25.8 Å². The van der Waals surface area contributed by atoms with Crippen LogP contribution in [0.15, 0.2) is 12.7 Å². The van der Waals surface area contributed by atoms with Gasteiger partial charge in [-0.3, -0.25) is 14.4 Å². The van der Waals surface area contributed by atoms with Crippen molar-refractivity contribution in [1.82, 2.24) is 9.80 Å². The molecule has 3 aliphatic rings. The van der Waals surface area contributed by atoms with Crippen molar-refractivity contribution < 1.29 is 29.3 Å². The van der Waals surface area contributed by atoms with Crippen molar-refractivity contribution in [3.63, 3.8) is 0 Å². The van der Waals surface area contributed by atoms with Crippen LogP contribution in [0.4, 0.5) is 0 Å². The molecule has 2 amide bonds. The summed E-state index contributed by atoms with van der Waals surface area (Å²) in [6.45, 7) is 11.3. The van der Waals surface area contributed by atoms with Gasteiger partial charge in [-0.25, -0.2) is 0 Å². The quantitative estimate of drug-likeness (QED) is 0.610. The number of carbonyl (C=O) groups excluding carboxylic acids is 2. The molecule has 2 bridgehead atoms. The minimum absolute atomic E-state index is 0.285. The Kier molecular flexibility index (Phi) is 5.55. The van der Waals surface area contributed by atoms with E-state index >= 15 is 0 Å². The number of aliphatic hydroxyl groups is 1. The molecule has 2 unspecified atom stereocenters. The molecule has 3 fully saturated rings. The molecule has 1 spiro atoms. The average Bonchev–Trinajstić information content (AvgIpc) is 3.27. The zero-order valence-electron chi connectivity index (χ0n) is 17.6. The molecule has 0 saturated carbocycles. The lowest BCUT2D eigenvalue weighted by atomic mass is 9.70. The molecule has 3 heterocycles. The third-order valence-corrected chi connectivity index (χ3v) is 6.72. The summed E-state index contributed by atoms with van der Waals surface area (Å²) in [5.41, 5.74) is -1.69. The summed E-state index contributed by atoms with van der Waals surface area (Å²) >= 11 is 0. The number of aliphatic hydroxyl groups excluding tert-OH is 1. The van der Waals surface area contributed by atoms with Crippen LogP contribution in [-0.4, -0.2) is 80.3 Å². The first kappa shape index (κ1) is 21.8. The second-order valence-electron chi connectivity index (χ2n) is 9.29. The number of carboxylic acids is 1. The first-order valence-electron chi connectivity index (χ1n) is 10.3. The van der Waals surface area contributed by atoms with Crippen LogP contribution in [0, 0.1) is 11.8 Å². The van der Waals surface area contributed by atoms with Gasteiger partial charge in [-0.05, 0) is 40.0 Å². The summed E-state index contributed by atoms with van der Waals surface area (Å²) in [5.74, 6) is -3.62. The van der Waals surface area contributed by atoms with Gasteiger partial charge in [0, 0.05) is 12.1 Å². The smallest absolute Gasteiger partial charge is 0.310 e. The average molecular weight is 408 g/mol. The van der Waals surface area contributed by atoms with Gasteiger partial charge in [0.2, 0.25) is 11.8 Å². The molecule has 6 atom stereocenters. The summed E-state index contributed by atoms with van der Waals surface area (Å²) in [5, 5.41) is 19.7. The molecule has 29 heavy (non-hydrogen) atoms. The summed E-state index contributed by atoms with van der Waals surface area (Å²) < 4.78 is 6.17. The second kappa shape index (κ2) is 7.40. The highest BCUT2D eigenvalue weighted by Gasteiger charge is 2.75. The van der Waals surface area contributed by atoms with Crippen molar-refractivity contribution in [2.45, 2.75) is 76.3 Å². The number of nitrogens with zero attached hydrogens (tertiary/aromatic N) is 2. The Labute approximate surface area is 171 Å². The van der Waals surface area contributed by atoms with Gasteiger partial charge in [0.1, 0.15) is 11.6 Å². The Bertz CT molecular complexity index is 712. The summed E-state index contributed by atoms with van der Waals surface area (Å²) in [6, 6.07) is -1.52. The Morgan fingerprint density at radius 2 is 2.10 bits per heavy atom. The molecule has 8 nitrogen and oxygen atoms in total. The molecule has 0 aromatic rings. The summed E-state index contributed by atoms with van der Waals surface area (Å²) in [4.78, 5) is 42.4. The number of ether oxygens (including phenoxy) is 1. The van der Waals surface area contributed by atoms with E-state index in [1.807, 2.05) is 27.7 Å². The van der Waals surface area contributed by atoms with Crippen LogP contribution in [0.5, 0.6) is 0 Å². The van der Waals surface area contributed by atoms with E-state index in [-0.39, 0.29) is 12.5 Å². The van der Waals surface area contributed by atoms with Crippen LogP contribution in [0.1, 0.15) is 47.0 Å². The number of fused-ring (bicyclic) bond motifs is 1. The van der Waals surface area contributed by atoms with Gasteiger partial charge in [-0.1, -0.05) is 13.0 Å². The zero-order valence-corrected chi connectivity index (χ0v) is 17.6. The van der Waals surface area contributed by atoms with Crippen molar-refractivity contribution >= 4 is 17.8 Å². The predicted molar refractivity (Wildman–Crippen MR) is 105 cm³/mol. The van der Waals surface area contributed by atoms with Crippen molar-refractivity contribution in [3.8, 4) is 0 Å². The second-order valence-corrected chi connectivity index (χ2v) is 9.29. The maximum atomic E-state index is 13.9. The van der Waals surface area contributed by atoms with Gasteiger partial charge in [-0.2, -0.15) is 0 Å². The molecule has 3 aliphatic heterocycles. The van der Waals surface area contributed by atoms with Gasteiger partial charge in [0.25, 0.3) is 0 Å². The van der Waals surface area contributed by atoms with Crippen molar-refractivity contribution in [2.24, 2.45) is 11.8 Å². The van der Waals surface area contributed by atoms with Gasteiger partial charge in [-0.15, -0.1) is 6.58 Å². The lowest BCUT2D eigenvalue weighted by Crippen LogP contribution is -2.61. The lowest BCUT2D eigenvalue weighted by Gasteiger charge is -2.43. The van der Waals surface area contributed by atoms with Crippen LogP contribution < -0.4 is 0 Å². The van der Waals surface area contributed by atoms with Gasteiger partial charge in [0.05, 0.1) is 30.6 Å². The molecule has 2 N–H and O–H groups in total. The summed E-state index contributed by atoms with van der Waals surface area (Å²) in [6.07, 6.45) is 2.49. The number of hydrogen-bond donors (Lipinski definition) is 2. The normalized spacial score (nSPS) is 34.2. The number of likely N-dealkylation sites (tertiary alicyclic amines) is 1. The van der Waals surface area contributed by atoms with Crippen LogP contribution in [0.3, 0.4) is 0 Å². The number of hydrogen-bond acceptors (Lipinski definition) is 5. The number of rotatable bonds is 7. The van der Waals surface area contributed by atoms with Crippen LogP contribution in [0.25, 0.3) is 0 Å². The molecule has 0 radical (unpaired) electrons. The highest BCUT2D eigenvalue weighted by atomic mass is 16.5. The Balaban J connectivity index is 2.13. The number of carbonyl (C=O) groups is 3. The van der Waals surface area contributed by atoms with E-state index in [2.05, 4.69) is 6.58 Å². The molecule has 0 aromatic heterocycles. The topological polar surface area (TPSA) is 107 Å². The largest absolute Gasteiger partial charge is 0.481 e. The van der Waals surface area contributed by atoms with Gasteiger partial charge >= 0.3 is 5.97 Å². The molecule has 0 aliphatic carbocycles. The first-order valence-corrected chi connectivity index (χ1v) is 10.3. The number of carboxylic acid groups (broad SMARTS) is 1. The Morgan fingerprint density at radius 3 is 2.59 bits per heavy atom. The fourth-order valence-electron chi connectivity index (χ4n) is 5.43. The van der Waals surface area contributed by atoms with E-state index in [1.54, 1.807) is 11.0 Å². The lowest BCUT2D eigenvalue weighted by molar-refractivity contribution is -0.155. The van der Waals surface area contributed by atoms with Crippen LogP contribution in [-0.2, 0) is 19.1 Å². The van der Waals surface area contributed by atoms with Gasteiger partial charge in [0.15, 0.2) is 0 Å². The monoisotopic (exact) mass is 408 g/mol. The van der Waals surface area contributed by atoms with E-state index in [1.165, 1.54) is 4.90 Å². The van der Waals surface area contributed by atoms with Gasteiger partial charge < -0.3 is 24.7 Å².